The number of ether oxygens (including phenoxy) is 4. The molecule has 7 nitrogen and oxygen atoms in total. The molecular weight excluding hydrogens is 649 g/mol. The molecule has 0 radical (unpaired) electrons. The second-order valence-electron chi connectivity index (χ2n) is 10.7. The van der Waals surface area contributed by atoms with Crippen LogP contribution in [0.4, 0.5) is 0 Å². The number of thioether (sulfide) groups is 1. The molecule has 4 rings (SSSR count). The number of benzene rings is 4. The summed E-state index contributed by atoms with van der Waals surface area (Å²) < 4.78 is 21.3. The van der Waals surface area contributed by atoms with E-state index in [1.165, 1.54) is 0 Å². The maximum absolute atomic E-state index is 12.8. The minimum atomic E-state index is -0.432. The van der Waals surface area contributed by atoms with Crippen LogP contribution in [0.3, 0.4) is 0 Å². The van der Waals surface area contributed by atoms with Gasteiger partial charge in [-0.3, -0.25) is 4.79 Å². The zero-order valence-corrected chi connectivity index (χ0v) is 28.6. The average Bonchev–Trinajstić information content (AvgIpc) is 3.14. The van der Waals surface area contributed by atoms with Crippen LogP contribution in [0.15, 0.2) is 127 Å². The van der Waals surface area contributed by atoms with E-state index in [0.29, 0.717) is 42.3 Å². The summed E-state index contributed by atoms with van der Waals surface area (Å²) >= 11 is 1.15. The molecule has 0 amide bonds. The van der Waals surface area contributed by atoms with Gasteiger partial charge in [-0.2, -0.15) is 0 Å². The minimum Gasteiger partial charge on any atom is -0.494 e. The Balaban J connectivity index is 1.20. The average molecular weight is 685 g/mol. The third kappa shape index (κ3) is 12.9. The molecule has 0 fully saturated rings. The summed E-state index contributed by atoms with van der Waals surface area (Å²) in [6, 6.07) is 29.7. The second kappa shape index (κ2) is 19.8. The van der Waals surface area contributed by atoms with Gasteiger partial charge in [0.25, 0.3) is 0 Å². The summed E-state index contributed by atoms with van der Waals surface area (Å²) in [5, 5.41) is -0.0629. The fraction of sp³-hybridized carbons (Fsp3) is 0.167. The van der Waals surface area contributed by atoms with Crippen LogP contribution in [0.25, 0.3) is 0 Å². The molecule has 0 aliphatic heterocycles. The lowest BCUT2D eigenvalue weighted by molar-refractivity contribution is -0.140. The molecule has 50 heavy (non-hydrogen) atoms. The number of esters is 2. The number of hydrogen-bond acceptors (Lipinski definition) is 8. The van der Waals surface area contributed by atoms with E-state index in [4.69, 9.17) is 18.9 Å². The Morgan fingerprint density at radius 3 is 1.60 bits per heavy atom. The molecular formula is C42H36O7S. The van der Waals surface area contributed by atoms with Crippen molar-refractivity contribution in [3.05, 3.63) is 150 Å². The van der Waals surface area contributed by atoms with Gasteiger partial charge in [0.15, 0.2) is 0 Å². The highest BCUT2D eigenvalue weighted by Gasteiger charge is 2.09. The Hall–Kier alpha value is -5.96. The van der Waals surface area contributed by atoms with Crippen LogP contribution in [0.1, 0.15) is 52.4 Å². The first-order valence-electron chi connectivity index (χ1n) is 15.8. The standard InChI is InChI=1S/C42H36O7S/c1-4-40(43)48-28-6-5-27-46-38-23-25-39(26-24-38)50-42(45)36-19-15-34(16-20-36)13-11-32-7-9-33(10-8-32)12-14-35-17-21-37(22-18-35)47-29-30-49-41(44)31(2)3/h4,7-10,15-26H,1-2,5-6,27-30H2,3H3. The van der Waals surface area contributed by atoms with E-state index in [2.05, 4.69) is 36.8 Å². The van der Waals surface area contributed by atoms with Crippen molar-refractivity contribution >= 4 is 28.8 Å². The van der Waals surface area contributed by atoms with Crippen molar-refractivity contribution in [2.24, 2.45) is 0 Å². The zero-order chi connectivity index (χ0) is 35.6. The summed E-state index contributed by atoms with van der Waals surface area (Å²) in [6.07, 6.45) is 2.59. The zero-order valence-electron chi connectivity index (χ0n) is 27.7. The Morgan fingerprint density at radius 1 is 0.620 bits per heavy atom. The fourth-order valence-corrected chi connectivity index (χ4v) is 4.80. The van der Waals surface area contributed by atoms with Gasteiger partial charge >= 0.3 is 11.9 Å². The Bertz CT molecular complexity index is 1900. The van der Waals surface area contributed by atoms with Crippen LogP contribution in [0, 0.1) is 23.7 Å². The third-order valence-electron chi connectivity index (χ3n) is 6.75. The minimum absolute atomic E-state index is 0.0629. The number of rotatable bonds is 14. The maximum atomic E-state index is 12.8. The van der Waals surface area contributed by atoms with Crippen LogP contribution >= 0.6 is 11.8 Å². The molecule has 252 valence electrons. The normalized spacial score (nSPS) is 9.94. The highest BCUT2D eigenvalue weighted by Crippen LogP contribution is 2.25. The van der Waals surface area contributed by atoms with E-state index in [0.717, 1.165) is 51.4 Å². The highest BCUT2D eigenvalue weighted by atomic mass is 32.2. The van der Waals surface area contributed by atoms with Crippen LogP contribution in [-0.2, 0) is 19.1 Å². The number of unbranched alkanes of at least 4 members (excludes halogenated alkanes) is 1. The van der Waals surface area contributed by atoms with Gasteiger partial charge in [-0.1, -0.05) is 36.8 Å². The van der Waals surface area contributed by atoms with Gasteiger partial charge in [-0.15, -0.1) is 0 Å². The molecule has 8 heteroatoms. The molecule has 4 aromatic rings. The van der Waals surface area contributed by atoms with E-state index in [1.54, 1.807) is 19.1 Å². The topological polar surface area (TPSA) is 88.1 Å². The van der Waals surface area contributed by atoms with Crippen molar-refractivity contribution < 1.29 is 33.3 Å². The van der Waals surface area contributed by atoms with Gasteiger partial charge in [-0.25, -0.2) is 9.59 Å². The monoisotopic (exact) mass is 684 g/mol. The Morgan fingerprint density at radius 2 is 1.08 bits per heavy atom. The lowest BCUT2D eigenvalue weighted by Gasteiger charge is -2.07. The Labute approximate surface area is 297 Å². The van der Waals surface area contributed by atoms with Crippen molar-refractivity contribution in [2.45, 2.75) is 24.7 Å². The van der Waals surface area contributed by atoms with E-state index >= 15 is 0 Å². The number of carbonyl (C=O) groups excluding carboxylic acids is 3. The largest absolute Gasteiger partial charge is 0.494 e. The smallest absolute Gasteiger partial charge is 0.333 e. The van der Waals surface area contributed by atoms with Gasteiger partial charge < -0.3 is 18.9 Å². The molecule has 0 saturated carbocycles. The number of hydrogen-bond donors (Lipinski definition) is 0. The Kier molecular flexibility index (Phi) is 14.6. The fourth-order valence-electron chi connectivity index (χ4n) is 4.06. The third-order valence-corrected chi connectivity index (χ3v) is 7.68. The quantitative estimate of drug-likeness (QED) is 0.0437. The summed E-state index contributed by atoms with van der Waals surface area (Å²) in [5.41, 5.74) is 4.29. The van der Waals surface area contributed by atoms with Crippen LogP contribution < -0.4 is 9.47 Å². The van der Waals surface area contributed by atoms with Crippen molar-refractivity contribution in [3.8, 4) is 35.2 Å². The lowest BCUT2D eigenvalue weighted by atomic mass is 10.1. The van der Waals surface area contributed by atoms with Crippen molar-refractivity contribution in [2.75, 3.05) is 26.4 Å². The first-order chi connectivity index (χ1) is 24.3. The molecule has 0 unspecified atom stereocenters. The molecule has 0 aromatic heterocycles. The molecule has 0 atom stereocenters. The summed E-state index contributed by atoms with van der Waals surface area (Å²) in [5.74, 6) is 13.1. The predicted octanol–water partition coefficient (Wildman–Crippen LogP) is 7.81. The molecule has 0 aliphatic carbocycles. The highest BCUT2D eigenvalue weighted by molar-refractivity contribution is 8.14. The van der Waals surface area contributed by atoms with Gasteiger partial charge in [0.1, 0.15) is 24.7 Å². The second-order valence-corrected chi connectivity index (χ2v) is 11.8. The van der Waals surface area contributed by atoms with Crippen LogP contribution in [0.2, 0.25) is 0 Å². The lowest BCUT2D eigenvalue weighted by Crippen LogP contribution is -2.12. The van der Waals surface area contributed by atoms with Crippen LogP contribution in [-0.4, -0.2) is 43.5 Å². The van der Waals surface area contributed by atoms with Gasteiger partial charge in [0.2, 0.25) is 5.12 Å². The van der Waals surface area contributed by atoms with Crippen molar-refractivity contribution in [3.63, 3.8) is 0 Å². The summed E-state index contributed by atoms with van der Waals surface area (Å²) in [7, 11) is 0. The van der Waals surface area contributed by atoms with E-state index in [-0.39, 0.29) is 18.3 Å². The van der Waals surface area contributed by atoms with E-state index < -0.39 is 11.9 Å². The van der Waals surface area contributed by atoms with Gasteiger partial charge in [-0.05, 0) is 129 Å². The van der Waals surface area contributed by atoms with Crippen LogP contribution in [0.5, 0.6) is 11.5 Å². The van der Waals surface area contributed by atoms with E-state index in [9.17, 15) is 14.4 Å². The molecule has 0 spiro atoms. The number of carbonyl (C=O) groups is 3. The summed E-state index contributed by atoms with van der Waals surface area (Å²) in [4.78, 5) is 36.1. The van der Waals surface area contributed by atoms with Gasteiger partial charge in [0, 0.05) is 44.4 Å². The van der Waals surface area contributed by atoms with Gasteiger partial charge in [0.05, 0.1) is 13.2 Å². The SMILES string of the molecule is C=CC(=O)OCCCCOc1ccc(SC(=O)c2ccc(C#Cc3ccc(C#Cc4ccc(OCCOC(=O)C(=C)C)cc4)cc3)cc2)cc1. The molecule has 4 aromatic carbocycles. The predicted molar refractivity (Wildman–Crippen MR) is 195 cm³/mol. The molecule has 0 bridgehead atoms. The van der Waals surface area contributed by atoms with Crippen molar-refractivity contribution in [1.29, 1.82) is 0 Å². The van der Waals surface area contributed by atoms with Crippen molar-refractivity contribution in [1.82, 2.24) is 0 Å². The molecule has 0 N–H and O–H groups in total. The summed E-state index contributed by atoms with van der Waals surface area (Å²) in [6.45, 7) is 9.74. The first kappa shape index (κ1) is 36.9. The molecule has 0 heterocycles. The van der Waals surface area contributed by atoms with E-state index in [1.807, 2.05) is 84.9 Å². The first-order valence-corrected chi connectivity index (χ1v) is 16.6. The molecule has 0 aliphatic rings. The molecule has 0 saturated heterocycles. The maximum Gasteiger partial charge on any atom is 0.333 e.